The van der Waals surface area contributed by atoms with E-state index < -0.39 is 6.10 Å². The van der Waals surface area contributed by atoms with Gasteiger partial charge in [-0.1, -0.05) is 206 Å². The molecular weight excluding hydrogens is 582 g/mol. The van der Waals surface area contributed by atoms with Crippen molar-refractivity contribution >= 4 is 5.91 Å². The zero-order valence-electron chi connectivity index (χ0n) is 32.1. The van der Waals surface area contributed by atoms with Crippen molar-refractivity contribution in [3.05, 3.63) is 0 Å². The Labute approximate surface area is 294 Å². The topological polar surface area (TPSA) is 70.0 Å². The molecule has 1 atom stereocenters. The number of hydrogen-bond acceptors (Lipinski definition) is 4. The van der Waals surface area contributed by atoms with Crippen molar-refractivity contribution in [1.29, 1.82) is 0 Å². The van der Waals surface area contributed by atoms with Gasteiger partial charge in [0.05, 0.1) is 19.3 Å². The van der Waals surface area contributed by atoms with Crippen LogP contribution in [0.2, 0.25) is 0 Å². The number of aliphatic hydroxyl groups is 2. The van der Waals surface area contributed by atoms with Crippen LogP contribution in [0.25, 0.3) is 0 Å². The lowest BCUT2D eigenvalue weighted by Gasteiger charge is -2.24. The van der Waals surface area contributed by atoms with E-state index >= 15 is 0 Å². The smallest absolute Gasteiger partial charge is 0.222 e. The highest BCUT2D eigenvalue weighted by atomic mass is 16.5. The minimum absolute atomic E-state index is 0.0416. The second kappa shape index (κ2) is 39.8. The summed E-state index contributed by atoms with van der Waals surface area (Å²) in [5.41, 5.74) is 0. The van der Waals surface area contributed by atoms with Gasteiger partial charge in [0.1, 0.15) is 0 Å². The standard InChI is InChI=1S/C42H85NO4/c1-3-5-7-9-11-13-15-17-18-19-20-21-22-24-26-28-30-32-34-38-47-40-41(45)39-43(36-37-44)42(46)35-33-31-29-27-25-23-16-14-12-10-8-6-4-2/h41,44-45H,3-40H2,1-2H3. The van der Waals surface area contributed by atoms with Gasteiger partial charge in [0.15, 0.2) is 0 Å². The third kappa shape index (κ3) is 36.5. The fourth-order valence-electron chi connectivity index (χ4n) is 6.70. The number of ether oxygens (including phenoxy) is 1. The second-order valence-corrected chi connectivity index (χ2v) is 14.6. The normalized spacial score (nSPS) is 12.2. The summed E-state index contributed by atoms with van der Waals surface area (Å²) >= 11 is 0. The molecule has 0 aromatic carbocycles. The van der Waals surface area contributed by atoms with Crippen molar-refractivity contribution < 1.29 is 19.7 Å². The molecule has 0 rings (SSSR count). The van der Waals surface area contributed by atoms with Gasteiger partial charge in [-0.25, -0.2) is 0 Å². The number of amides is 1. The molecule has 0 aliphatic heterocycles. The molecule has 1 amide bonds. The summed E-state index contributed by atoms with van der Waals surface area (Å²) in [4.78, 5) is 14.3. The van der Waals surface area contributed by atoms with Crippen LogP contribution in [0.15, 0.2) is 0 Å². The maximum atomic E-state index is 12.7. The molecule has 0 fully saturated rings. The number of carbonyl (C=O) groups is 1. The van der Waals surface area contributed by atoms with Crippen LogP contribution < -0.4 is 0 Å². The molecular formula is C42H85NO4. The summed E-state index contributed by atoms with van der Waals surface area (Å²) in [5, 5.41) is 19.9. The molecule has 1 unspecified atom stereocenters. The van der Waals surface area contributed by atoms with E-state index in [0.29, 0.717) is 13.0 Å². The predicted octanol–water partition coefficient (Wildman–Crippen LogP) is 12.1. The Kier molecular flexibility index (Phi) is 39.2. The number of nitrogens with zero attached hydrogens (tertiary/aromatic N) is 1. The van der Waals surface area contributed by atoms with Crippen LogP contribution >= 0.6 is 0 Å². The molecule has 0 aromatic heterocycles. The summed E-state index contributed by atoms with van der Waals surface area (Å²) in [5.74, 6) is 0.0416. The Balaban J connectivity index is 3.54. The predicted molar refractivity (Wildman–Crippen MR) is 204 cm³/mol. The second-order valence-electron chi connectivity index (χ2n) is 14.6. The van der Waals surface area contributed by atoms with Gasteiger partial charge < -0.3 is 19.8 Å². The van der Waals surface area contributed by atoms with Gasteiger partial charge in [0, 0.05) is 26.1 Å². The lowest BCUT2D eigenvalue weighted by Crippen LogP contribution is -2.40. The molecule has 47 heavy (non-hydrogen) atoms. The van der Waals surface area contributed by atoms with E-state index in [9.17, 15) is 15.0 Å². The first-order chi connectivity index (χ1) is 23.2. The van der Waals surface area contributed by atoms with Crippen molar-refractivity contribution in [2.45, 2.75) is 232 Å². The van der Waals surface area contributed by atoms with Crippen LogP contribution in [0.5, 0.6) is 0 Å². The third-order valence-electron chi connectivity index (χ3n) is 9.85. The average molecular weight is 668 g/mol. The zero-order chi connectivity index (χ0) is 34.3. The van der Waals surface area contributed by atoms with Crippen LogP contribution in [-0.2, 0) is 9.53 Å². The number of aliphatic hydroxyl groups excluding tert-OH is 2. The van der Waals surface area contributed by atoms with Gasteiger partial charge in [0.25, 0.3) is 0 Å². The van der Waals surface area contributed by atoms with Crippen molar-refractivity contribution in [3.63, 3.8) is 0 Å². The van der Waals surface area contributed by atoms with E-state index in [1.165, 1.54) is 186 Å². The molecule has 0 saturated heterocycles. The van der Waals surface area contributed by atoms with Gasteiger partial charge in [-0.2, -0.15) is 0 Å². The first-order valence-corrected chi connectivity index (χ1v) is 21.3. The SMILES string of the molecule is CCCCCCCCCCCCCCCCCCCCCOCC(O)CN(CCO)C(=O)CCCCCCCCCCCCCCC. The fourth-order valence-corrected chi connectivity index (χ4v) is 6.70. The molecule has 0 radical (unpaired) electrons. The molecule has 0 aromatic rings. The largest absolute Gasteiger partial charge is 0.395 e. The Morgan fingerprint density at radius 3 is 1.17 bits per heavy atom. The van der Waals surface area contributed by atoms with E-state index in [0.717, 1.165) is 19.3 Å². The van der Waals surface area contributed by atoms with Gasteiger partial charge in [-0.3, -0.25) is 4.79 Å². The average Bonchev–Trinajstić information content (AvgIpc) is 3.07. The van der Waals surface area contributed by atoms with Crippen molar-refractivity contribution in [1.82, 2.24) is 4.90 Å². The molecule has 5 nitrogen and oxygen atoms in total. The molecule has 0 saturated carbocycles. The lowest BCUT2D eigenvalue weighted by molar-refractivity contribution is -0.134. The Hall–Kier alpha value is -0.650. The molecule has 0 bridgehead atoms. The molecule has 0 spiro atoms. The highest BCUT2D eigenvalue weighted by Crippen LogP contribution is 2.16. The molecule has 5 heteroatoms. The van der Waals surface area contributed by atoms with Crippen LogP contribution in [0.1, 0.15) is 226 Å². The van der Waals surface area contributed by atoms with E-state index in [1.807, 2.05) is 0 Å². The molecule has 0 aliphatic carbocycles. The zero-order valence-corrected chi connectivity index (χ0v) is 32.1. The maximum Gasteiger partial charge on any atom is 0.222 e. The van der Waals surface area contributed by atoms with Crippen LogP contribution in [0, 0.1) is 0 Å². The minimum Gasteiger partial charge on any atom is -0.395 e. The van der Waals surface area contributed by atoms with Gasteiger partial charge >= 0.3 is 0 Å². The Bertz CT molecular complexity index is 601. The summed E-state index contributed by atoms with van der Waals surface area (Å²) < 4.78 is 5.72. The molecule has 0 heterocycles. The first-order valence-electron chi connectivity index (χ1n) is 21.3. The van der Waals surface area contributed by atoms with Crippen molar-refractivity contribution in [3.8, 4) is 0 Å². The number of unbranched alkanes of at least 4 members (excludes halogenated alkanes) is 30. The number of rotatable bonds is 40. The summed E-state index contributed by atoms with van der Waals surface area (Å²) in [6.07, 6.45) is 42.6. The minimum atomic E-state index is -0.697. The van der Waals surface area contributed by atoms with Crippen molar-refractivity contribution in [2.75, 3.05) is 32.9 Å². The number of carbonyl (C=O) groups excluding carboxylic acids is 1. The van der Waals surface area contributed by atoms with Gasteiger partial charge in [-0.05, 0) is 12.8 Å². The maximum absolute atomic E-state index is 12.7. The fraction of sp³-hybridized carbons (Fsp3) is 0.976. The van der Waals surface area contributed by atoms with Crippen molar-refractivity contribution in [2.24, 2.45) is 0 Å². The highest BCUT2D eigenvalue weighted by Gasteiger charge is 2.17. The molecule has 2 N–H and O–H groups in total. The molecule has 282 valence electrons. The lowest BCUT2D eigenvalue weighted by atomic mass is 10.0. The van der Waals surface area contributed by atoms with Crippen LogP contribution in [0.4, 0.5) is 0 Å². The summed E-state index contributed by atoms with van der Waals surface area (Å²) in [6, 6.07) is 0. The highest BCUT2D eigenvalue weighted by molar-refractivity contribution is 5.76. The Morgan fingerprint density at radius 1 is 0.511 bits per heavy atom. The molecule has 0 aliphatic rings. The van der Waals surface area contributed by atoms with Gasteiger partial charge in [0.2, 0.25) is 5.91 Å². The van der Waals surface area contributed by atoms with Crippen LogP contribution in [0.3, 0.4) is 0 Å². The van der Waals surface area contributed by atoms with E-state index in [1.54, 1.807) is 4.90 Å². The van der Waals surface area contributed by atoms with E-state index in [-0.39, 0.29) is 32.2 Å². The van der Waals surface area contributed by atoms with E-state index in [2.05, 4.69) is 13.8 Å². The van der Waals surface area contributed by atoms with E-state index in [4.69, 9.17) is 4.74 Å². The Morgan fingerprint density at radius 2 is 0.830 bits per heavy atom. The van der Waals surface area contributed by atoms with Crippen LogP contribution in [-0.4, -0.2) is 60.0 Å². The summed E-state index contributed by atoms with van der Waals surface area (Å²) in [7, 11) is 0. The third-order valence-corrected chi connectivity index (χ3v) is 9.85. The number of hydrogen-bond donors (Lipinski definition) is 2. The first kappa shape index (κ1) is 46.4. The quantitative estimate of drug-likeness (QED) is 0.0638. The monoisotopic (exact) mass is 668 g/mol. The summed E-state index contributed by atoms with van der Waals surface area (Å²) in [6.45, 7) is 5.95. The van der Waals surface area contributed by atoms with Gasteiger partial charge in [-0.15, -0.1) is 0 Å².